The number of amides is 2. The summed E-state index contributed by atoms with van der Waals surface area (Å²) in [5.74, 6) is -0.737. The molecule has 0 bridgehead atoms. The molecule has 138 valence electrons. The minimum Gasteiger partial charge on any atom is -0.507 e. The van der Waals surface area contributed by atoms with Gasteiger partial charge in [-0.05, 0) is 50.2 Å². The van der Waals surface area contributed by atoms with Crippen molar-refractivity contribution in [3.05, 3.63) is 72.1 Å². The molecular weight excluding hydrogens is 344 g/mol. The van der Waals surface area contributed by atoms with Gasteiger partial charge in [-0.1, -0.05) is 17.7 Å². The maximum absolute atomic E-state index is 12.4. The van der Waals surface area contributed by atoms with Crippen molar-refractivity contribution in [1.29, 1.82) is 0 Å². The number of benzene rings is 2. The third-order valence-corrected chi connectivity index (χ3v) is 4.09. The number of rotatable bonds is 5. The summed E-state index contributed by atoms with van der Waals surface area (Å²) in [5, 5.41) is 19.5. The van der Waals surface area contributed by atoms with Gasteiger partial charge in [0.05, 0.1) is 5.56 Å². The van der Waals surface area contributed by atoms with E-state index in [-0.39, 0.29) is 17.2 Å². The minimum absolute atomic E-state index is 0.0874. The first-order valence-corrected chi connectivity index (χ1v) is 8.45. The molecule has 0 unspecified atom stereocenters. The summed E-state index contributed by atoms with van der Waals surface area (Å²) in [4.78, 5) is 24.8. The molecule has 0 saturated heterocycles. The van der Waals surface area contributed by atoms with Crippen LogP contribution in [-0.4, -0.2) is 26.7 Å². The SMILES string of the molecule is Cc1ccc(O)c(C(=O)Nc2cccc(NC(=O)[C@H](C)n3cccn3)c2)c1. The zero-order valence-corrected chi connectivity index (χ0v) is 15.0. The molecule has 0 radical (unpaired) electrons. The molecular formula is C20H20N4O3. The van der Waals surface area contributed by atoms with Gasteiger partial charge in [0.15, 0.2) is 0 Å². The van der Waals surface area contributed by atoms with Gasteiger partial charge in [0.25, 0.3) is 5.91 Å². The van der Waals surface area contributed by atoms with Crippen LogP contribution in [0.3, 0.4) is 0 Å². The van der Waals surface area contributed by atoms with Crippen molar-refractivity contribution < 1.29 is 14.7 Å². The van der Waals surface area contributed by atoms with Crippen LogP contribution in [0.15, 0.2) is 60.9 Å². The predicted molar refractivity (Wildman–Crippen MR) is 103 cm³/mol. The lowest BCUT2D eigenvalue weighted by atomic mass is 10.1. The molecule has 3 rings (SSSR count). The molecule has 0 fully saturated rings. The Morgan fingerprint density at radius 2 is 1.81 bits per heavy atom. The van der Waals surface area contributed by atoms with E-state index in [9.17, 15) is 14.7 Å². The lowest BCUT2D eigenvalue weighted by Crippen LogP contribution is -2.24. The molecule has 3 aromatic rings. The van der Waals surface area contributed by atoms with Gasteiger partial charge in [-0.25, -0.2) is 0 Å². The van der Waals surface area contributed by atoms with Crippen LogP contribution in [0, 0.1) is 6.92 Å². The van der Waals surface area contributed by atoms with Crippen LogP contribution in [0.1, 0.15) is 28.9 Å². The van der Waals surface area contributed by atoms with E-state index in [2.05, 4.69) is 15.7 Å². The van der Waals surface area contributed by atoms with E-state index in [4.69, 9.17) is 0 Å². The van der Waals surface area contributed by atoms with Crippen molar-refractivity contribution in [1.82, 2.24) is 9.78 Å². The van der Waals surface area contributed by atoms with Gasteiger partial charge in [0, 0.05) is 23.8 Å². The standard InChI is InChI=1S/C20H20N4O3/c1-13-7-8-18(25)17(11-13)20(27)23-16-6-3-5-15(12-16)22-19(26)14(2)24-10-4-9-21-24/h3-12,14,25H,1-2H3,(H,22,26)(H,23,27)/t14-/m0/s1. The van der Waals surface area contributed by atoms with Crippen molar-refractivity contribution in [2.75, 3.05) is 10.6 Å². The molecule has 3 N–H and O–H groups in total. The quantitative estimate of drug-likeness (QED) is 0.647. The van der Waals surface area contributed by atoms with Gasteiger partial charge in [-0.3, -0.25) is 14.3 Å². The zero-order valence-electron chi connectivity index (χ0n) is 15.0. The Hall–Kier alpha value is -3.61. The number of hydrogen-bond donors (Lipinski definition) is 3. The number of nitrogens with one attached hydrogen (secondary N) is 2. The van der Waals surface area contributed by atoms with Gasteiger partial charge < -0.3 is 15.7 Å². The van der Waals surface area contributed by atoms with Crippen LogP contribution in [-0.2, 0) is 4.79 Å². The van der Waals surface area contributed by atoms with Crippen molar-refractivity contribution in [2.24, 2.45) is 0 Å². The number of hydrogen-bond acceptors (Lipinski definition) is 4. The fourth-order valence-corrected chi connectivity index (χ4v) is 2.58. The third kappa shape index (κ3) is 4.33. The van der Waals surface area contributed by atoms with Crippen LogP contribution < -0.4 is 10.6 Å². The zero-order chi connectivity index (χ0) is 19.4. The Morgan fingerprint density at radius 1 is 1.07 bits per heavy atom. The molecule has 0 aliphatic heterocycles. The Labute approximate surface area is 156 Å². The van der Waals surface area contributed by atoms with Gasteiger partial charge in [0.2, 0.25) is 5.91 Å². The largest absolute Gasteiger partial charge is 0.507 e. The fraction of sp³-hybridized carbons (Fsp3) is 0.150. The molecule has 7 nitrogen and oxygen atoms in total. The third-order valence-electron chi connectivity index (χ3n) is 4.09. The first kappa shape index (κ1) is 18.2. The average molecular weight is 364 g/mol. The number of aromatic nitrogens is 2. The number of aromatic hydroxyl groups is 1. The second-order valence-corrected chi connectivity index (χ2v) is 6.21. The van der Waals surface area contributed by atoms with Crippen LogP contribution in [0.2, 0.25) is 0 Å². The van der Waals surface area contributed by atoms with E-state index in [0.717, 1.165) is 5.56 Å². The first-order chi connectivity index (χ1) is 12.9. The molecule has 1 heterocycles. The van der Waals surface area contributed by atoms with E-state index in [1.807, 2.05) is 6.92 Å². The Balaban J connectivity index is 1.71. The van der Waals surface area contributed by atoms with Crippen molar-refractivity contribution in [2.45, 2.75) is 19.9 Å². The summed E-state index contributed by atoms with van der Waals surface area (Å²) in [7, 11) is 0. The molecule has 27 heavy (non-hydrogen) atoms. The summed E-state index contributed by atoms with van der Waals surface area (Å²) >= 11 is 0. The normalized spacial score (nSPS) is 11.6. The topological polar surface area (TPSA) is 96.3 Å². The highest BCUT2D eigenvalue weighted by atomic mass is 16.3. The number of anilines is 2. The number of nitrogens with zero attached hydrogens (tertiary/aromatic N) is 2. The highest BCUT2D eigenvalue weighted by Crippen LogP contribution is 2.21. The lowest BCUT2D eigenvalue weighted by molar-refractivity contribution is -0.119. The van der Waals surface area contributed by atoms with Gasteiger partial charge >= 0.3 is 0 Å². The summed E-state index contributed by atoms with van der Waals surface area (Å²) in [6.07, 6.45) is 3.33. The average Bonchev–Trinajstić information content (AvgIpc) is 3.18. The lowest BCUT2D eigenvalue weighted by Gasteiger charge is -2.14. The number of aryl methyl sites for hydroxylation is 1. The van der Waals surface area contributed by atoms with Crippen LogP contribution in [0.25, 0.3) is 0 Å². The van der Waals surface area contributed by atoms with Gasteiger partial charge in [0.1, 0.15) is 11.8 Å². The van der Waals surface area contributed by atoms with Crippen LogP contribution >= 0.6 is 0 Å². The van der Waals surface area contributed by atoms with Crippen LogP contribution in [0.5, 0.6) is 5.75 Å². The Kier molecular flexibility index (Phi) is 5.21. The number of carbonyl (C=O) groups excluding carboxylic acids is 2. The summed E-state index contributed by atoms with van der Waals surface area (Å²) in [5.41, 5.74) is 2.11. The monoisotopic (exact) mass is 364 g/mol. The first-order valence-electron chi connectivity index (χ1n) is 8.45. The molecule has 0 aliphatic rings. The molecule has 0 spiro atoms. The number of phenolic OH excluding ortho intramolecular Hbond substituents is 1. The summed E-state index contributed by atoms with van der Waals surface area (Å²) in [6.45, 7) is 3.58. The minimum atomic E-state index is -0.470. The second-order valence-electron chi connectivity index (χ2n) is 6.21. The molecule has 0 saturated carbocycles. The summed E-state index contributed by atoms with van der Waals surface area (Å²) < 4.78 is 1.56. The number of phenols is 1. The Bertz CT molecular complexity index is 967. The van der Waals surface area contributed by atoms with Gasteiger partial charge in [-0.2, -0.15) is 5.10 Å². The van der Waals surface area contributed by atoms with Crippen molar-refractivity contribution in [3.63, 3.8) is 0 Å². The van der Waals surface area contributed by atoms with E-state index in [1.54, 1.807) is 66.5 Å². The maximum Gasteiger partial charge on any atom is 0.259 e. The number of carbonyl (C=O) groups is 2. The van der Waals surface area contributed by atoms with E-state index in [0.29, 0.717) is 11.4 Å². The summed E-state index contributed by atoms with van der Waals surface area (Å²) in [6, 6.07) is 12.9. The Morgan fingerprint density at radius 3 is 2.52 bits per heavy atom. The fourth-order valence-electron chi connectivity index (χ4n) is 2.58. The molecule has 1 aromatic heterocycles. The molecule has 0 aliphatic carbocycles. The highest BCUT2D eigenvalue weighted by molar-refractivity contribution is 6.06. The maximum atomic E-state index is 12.4. The van der Waals surface area contributed by atoms with Gasteiger partial charge in [-0.15, -0.1) is 0 Å². The van der Waals surface area contributed by atoms with E-state index < -0.39 is 11.9 Å². The molecule has 1 atom stereocenters. The highest BCUT2D eigenvalue weighted by Gasteiger charge is 2.16. The molecule has 2 aromatic carbocycles. The smallest absolute Gasteiger partial charge is 0.259 e. The van der Waals surface area contributed by atoms with Crippen molar-refractivity contribution >= 4 is 23.2 Å². The van der Waals surface area contributed by atoms with Crippen LogP contribution in [0.4, 0.5) is 11.4 Å². The molecule has 7 heteroatoms. The van der Waals surface area contributed by atoms with E-state index in [1.165, 1.54) is 6.07 Å². The van der Waals surface area contributed by atoms with Crippen molar-refractivity contribution in [3.8, 4) is 5.75 Å². The predicted octanol–water partition coefficient (Wildman–Crippen LogP) is 3.35. The molecule has 2 amide bonds. The van der Waals surface area contributed by atoms with E-state index >= 15 is 0 Å². The second kappa shape index (κ2) is 7.74.